The Kier molecular flexibility index (Phi) is 8.68. The third-order valence-electron chi connectivity index (χ3n) is 6.40. The first-order chi connectivity index (χ1) is 18.2. The van der Waals surface area contributed by atoms with Crippen molar-refractivity contribution in [1.29, 1.82) is 0 Å². The first-order valence-corrected chi connectivity index (χ1v) is 13.0. The van der Waals surface area contributed by atoms with Crippen LogP contribution in [0.3, 0.4) is 0 Å². The van der Waals surface area contributed by atoms with Gasteiger partial charge in [0.2, 0.25) is 11.8 Å². The predicted molar refractivity (Wildman–Crippen MR) is 149 cm³/mol. The topological polar surface area (TPSA) is 97.0 Å². The molecule has 0 unspecified atom stereocenters. The summed E-state index contributed by atoms with van der Waals surface area (Å²) in [6.07, 6.45) is 0.155. The number of benzene rings is 3. The Hall–Kier alpha value is -3.85. The van der Waals surface area contributed by atoms with E-state index in [0.717, 1.165) is 32.6 Å². The van der Waals surface area contributed by atoms with Gasteiger partial charge in [-0.05, 0) is 79.1 Å². The van der Waals surface area contributed by atoms with Gasteiger partial charge < -0.3 is 25.0 Å². The van der Waals surface area contributed by atoms with Crippen molar-refractivity contribution in [2.24, 2.45) is 5.92 Å². The van der Waals surface area contributed by atoms with Crippen LogP contribution in [0.15, 0.2) is 65.1 Å². The first-order valence-electron chi connectivity index (χ1n) is 12.2. The lowest BCUT2D eigenvalue weighted by atomic mass is 10.1. The summed E-state index contributed by atoms with van der Waals surface area (Å²) in [7, 11) is 1.60. The Bertz CT molecular complexity index is 1300. The van der Waals surface area contributed by atoms with E-state index in [2.05, 4.69) is 26.6 Å². The van der Waals surface area contributed by atoms with E-state index in [9.17, 15) is 14.4 Å². The quantitative estimate of drug-likeness (QED) is 0.381. The van der Waals surface area contributed by atoms with Gasteiger partial charge in [0, 0.05) is 35.4 Å². The number of anilines is 2. The molecule has 1 atom stereocenters. The minimum absolute atomic E-state index is 0.108. The molecule has 198 valence electrons. The van der Waals surface area contributed by atoms with Crippen molar-refractivity contribution in [3.63, 3.8) is 0 Å². The van der Waals surface area contributed by atoms with Gasteiger partial charge in [0.15, 0.2) is 6.61 Å². The number of hydrogen-bond donors (Lipinski definition) is 2. The number of amides is 3. The SMILES string of the molecule is COc1ccc(CNC(=O)[C@H]2CC(=O)N(c3ccc(OCC(=O)Nc4c(C)cc(Br)cc4C)cc3)C2)cc1. The Morgan fingerprint density at radius 1 is 1.00 bits per heavy atom. The lowest BCUT2D eigenvalue weighted by Gasteiger charge is -2.17. The summed E-state index contributed by atoms with van der Waals surface area (Å²) in [5.74, 6) is 0.310. The number of aryl methyl sites for hydroxylation is 2. The number of ether oxygens (including phenoxy) is 2. The van der Waals surface area contributed by atoms with Crippen molar-refractivity contribution in [1.82, 2.24) is 5.32 Å². The lowest BCUT2D eigenvalue weighted by Crippen LogP contribution is -2.32. The monoisotopic (exact) mass is 579 g/mol. The zero-order chi connectivity index (χ0) is 27.2. The van der Waals surface area contributed by atoms with Crippen molar-refractivity contribution in [2.75, 3.05) is 30.5 Å². The van der Waals surface area contributed by atoms with Crippen molar-refractivity contribution >= 4 is 45.0 Å². The molecule has 4 rings (SSSR count). The van der Waals surface area contributed by atoms with Crippen molar-refractivity contribution in [3.05, 3.63) is 81.8 Å². The molecule has 0 aromatic heterocycles. The van der Waals surface area contributed by atoms with Crippen molar-refractivity contribution in [3.8, 4) is 11.5 Å². The minimum Gasteiger partial charge on any atom is -0.497 e. The molecule has 0 aliphatic carbocycles. The number of nitrogens with one attached hydrogen (secondary N) is 2. The Labute approximate surface area is 230 Å². The number of nitrogens with zero attached hydrogens (tertiary/aromatic N) is 1. The standard InChI is InChI=1S/C29H30BrN3O5/c1-18-12-22(30)13-19(2)28(18)32-26(34)17-38-25-10-6-23(7-11-25)33-16-21(14-27(33)35)29(36)31-15-20-4-8-24(37-3)9-5-20/h4-13,21H,14-17H2,1-3H3,(H,31,36)(H,32,34)/t21-/m0/s1. The Balaban J connectivity index is 1.27. The molecule has 8 nitrogen and oxygen atoms in total. The summed E-state index contributed by atoms with van der Waals surface area (Å²) in [5, 5.41) is 5.81. The third-order valence-corrected chi connectivity index (χ3v) is 6.86. The maximum absolute atomic E-state index is 12.7. The van der Waals surface area contributed by atoms with Crippen LogP contribution in [-0.2, 0) is 20.9 Å². The molecule has 9 heteroatoms. The second-order valence-corrected chi connectivity index (χ2v) is 10.1. The minimum atomic E-state index is -0.425. The molecule has 3 amide bonds. The van der Waals surface area contributed by atoms with Crippen molar-refractivity contribution in [2.45, 2.75) is 26.8 Å². The molecule has 38 heavy (non-hydrogen) atoms. The van der Waals surface area contributed by atoms with Crippen LogP contribution in [0, 0.1) is 19.8 Å². The first kappa shape index (κ1) is 27.2. The van der Waals surface area contributed by atoms with E-state index in [4.69, 9.17) is 9.47 Å². The van der Waals surface area contributed by atoms with E-state index >= 15 is 0 Å². The summed E-state index contributed by atoms with van der Waals surface area (Å²) in [4.78, 5) is 39.3. The van der Waals surface area contributed by atoms with Crippen LogP contribution in [0.2, 0.25) is 0 Å². The average Bonchev–Trinajstić information content (AvgIpc) is 3.30. The van der Waals surface area contributed by atoms with Gasteiger partial charge in [-0.2, -0.15) is 0 Å². The molecule has 1 saturated heterocycles. The summed E-state index contributed by atoms with van der Waals surface area (Å²) < 4.78 is 11.7. The van der Waals surface area contributed by atoms with Gasteiger partial charge in [0.1, 0.15) is 11.5 Å². The highest BCUT2D eigenvalue weighted by atomic mass is 79.9. The molecular formula is C29H30BrN3O5. The molecule has 1 aliphatic heterocycles. The maximum atomic E-state index is 12.7. The van der Waals surface area contributed by atoms with E-state index in [1.165, 1.54) is 0 Å². The third kappa shape index (κ3) is 6.72. The van der Waals surface area contributed by atoms with E-state index < -0.39 is 5.92 Å². The molecule has 0 bridgehead atoms. The molecular weight excluding hydrogens is 550 g/mol. The Morgan fingerprint density at radius 3 is 2.26 bits per heavy atom. The molecule has 3 aromatic carbocycles. The highest BCUT2D eigenvalue weighted by Gasteiger charge is 2.35. The average molecular weight is 580 g/mol. The van der Waals surface area contributed by atoms with Crippen LogP contribution in [0.4, 0.5) is 11.4 Å². The summed E-state index contributed by atoms with van der Waals surface area (Å²) >= 11 is 3.45. The fourth-order valence-corrected chi connectivity index (χ4v) is 5.05. The fraction of sp³-hybridized carbons (Fsp3) is 0.276. The summed E-state index contributed by atoms with van der Waals surface area (Å²) in [5.41, 5.74) is 4.31. The fourth-order valence-electron chi connectivity index (χ4n) is 4.36. The second-order valence-electron chi connectivity index (χ2n) is 9.22. The molecule has 0 spiro atoms. The molecule has 1 aliphatic rings. The van der Waals surface area contributed by atoms with Crippen LogP contribution in [0.25, 0.3) is 0 Å². The number of carbonyl (C=O) groups is 3. The lowest BCUT2D eigenvalue weighted by molar-refractivity contribution is -0.126. The normalized spacial score (nSPS) is 14.8. The van der Waals surface area contributed by atoms with E-state index in [1.807, 2.05) is 50.2 Å². The van der Waals surface area contributed by atoms with Crippen LogP contribution < -0.4 is 25.0 Å². The zero-order valence-electron chi connectivity index (χ0n) is 21.5. The van der Waals surface area contributed by atoms with Gasteiger partial charge in [0.25, 0.3) is 5.91 Å². The Morgan fingerprint density at radius 2 is 1.63 bits per heavy atom. The van der Waals surface area contributed by atoms with Gasteiger partial charge in [-0.3, -0.25) is 14.4 Å². The van der Waals surface area contributed by atoms with Gasteiger partial charge >= 0.3 is 0 Å². The summed E-state index contributed by atoms with van der Waals surface area (Å²) in [6.45, 7) is 4.41. The largest absolute Gasteiger partial charge is 0.497 e. The van der Waals surface area contributed by atoms with Gasteiger partial charge in [-0.15, -0.1) is 0 Å². The zero-order valence-corrected chi connectivity index (χ0v) is 23.1. The summed E-state index contributed by atoms with van der Waals surface area (Å²) in [6, 6.07) is 18.3. The highest BCUT2D eigenvalue weighted by Crippen LogP contribution is 2.28. The molecule has 2 N–H and O–H groups in total. The van der Waals surface area contributed by atoms with Crippen molar-refractivity contribution < 1.29 is 23.9 Å². The van der Waals surface area contributed by atoms with Crippen LogP contribution in [0.5, 0.6) is 11.5 Å². The van der Waals surface area contributed by atoms with E-state index in [0.29, 0.717) is 24.5 Å². The molecule has 1 heterocycles. The van der Waals surface area contributed by atoms with Gasteiger partial charge in [-0.1, -0.05) is 28.1 Å². The number of carbonyl (C=O) groups excluding carboxylic acids is 3. The van der Waals surface area contributed by atoms with Crippen LogP contribution in [-0.4, -0.2) is 38.0 Å². The second kappa shape index (κ2) is 12.1. The maximum Gasteiger partial charge on any atom is 0.262 e. The highest BCUT2D eigenvalue weighted by molar-refractivity contribution is 9.10. The van der Waals surface area contributed by atoms with E-state index in [1.54, 1.807) is 36.3 Å². The van der Waals surface area contributed by atoms with Crippen LogP contribution >= 0.6 is 15.9 Å². The smallest absolute Gasteiger partial charge is 0.262 e. The van der Waals surface area contributed by atoms with E-state index in [-0.39, 0.29) is 30.7 Å². The molecule has 1 fully saturated rings. The number of halogens is 1. The number of methoxy groups -OCH3 is 1. The van der Waals surface area contributed by atoms with Gasteiger partial charge in [-0.25, -0.2) is 0 Å². The number of hydrogen-bond acceptors (Lipinski definition) is 5. The number of rotatable bonds is 9. The molecule has 0 saturated carbocycles. The molecule has 0 radical (unpaired) electrons. The van der Waals surface area contributed by atoms with Gasteiger partial charge in [0.05, 0.1) is 13.0 Å². The predicted octanol–water partition coefficient (Wildman–Crippen LogP) is 4.76. The van der Waals surface area contributed by atoms with Crippen LogP contribution in [0.1, 0.15) is 23.1 Å². The molecule has 3 aromatic rings.